The van der Waals surface area contributed by atoms with Crippen molar-refractivity contribution in [3.63, 3.8) is 0 Å². The second-order valence-corrected chi connectivity index (χ2v) is 33.8. The van der Waals surface area contributed by atoms with Gasteiger partial charge in [-0.25, -0.2) is 0 Å². The maximum absolute atomic E-state index is 7.92. The van der Waals surface area contributed by atoms with Gasteiger partial charge in [0.1, 0.15) is 5.75 Å². The van der Waals surface area contributed by atoms with Gasteiger partial charge in [0.2, 0.25) is 6.71 Å². The zero-order chi connectivity index (χ0) is 72.6. The Morgan fingerprint density at radius 2 is 0.991 bits per heavy atom. The van der Waals surface area contributed by atoms with E-state index in [9.17, 15) is 0 Å². The lowest BCUT2D eigenvalue weighted by atomic mass is 9.23. The first kappa shape index (κ1) is 67.2. The van der Waals surface area contributed by atoms with Crippen molar-refractivity contribution in [2.75, 3.05) is 19.6 Å². The minimum atomic E-state index is -0.0643. The Kier molecular flexibility index (Phi) is 17.6. The molecule has 8 heteroatoms. The van der Waals surface area contributed by atoms with Crippen LogP contribution in [0.3, 0.4) is 0 Å². The van der Waals surface area contributed by atoms with Crippen molar-refractivity contribution in [2.24, 2.45) is 5.92 Å². The average molecular weight is 1440 g/mol. The third-order valence-corrected chi connectivity index (χ3v) is 28.1. The maximum Gasteiger partial charge on any atom is 0.225 e. The van der Waals surface area contributed by atoms with E-state index in [2.05, 4.69) is 377 Å². The van der Waals surface area contributed by atoms with E-state index < -0.39 is 0 Å². The van der Waals surface area contributed by atoms with Gasteiger partial charge in [-0.05, 0) is 185 Å². The van der Waals surface area contributed by atoms with Gasteiger partial charge in [0.15, 0.2) is 6.71 Å². The fraction of sp³-hybridized carbons (Fsp3) is 0.216. The quantitative estimate of drug-likeness (QED) is 0.0794. The molecule has 10 atom stereocenters. The predicted molar refractivity (Wildman–Crippen MR) is 465 cm³/mol. The number of hydrogen-bond donors (Lipinski definition) is 0. The number of ether oxygens (including phenoxy) is 1. The summed E-state index contributed by atoms with van der Waals surface area (Å²) < 4.78 is 7.92. The van der Waals surface area contributed by atoms with E-state index in [1.807, 2.05) is 0 Å². The van der Waals surface area contributed by atoms with Crippen LogP contribution in [0.5, 0.6) is 5.75 Å². The molecule has 12 aromatic rings. The van der Waals surface area contributed by atoms with Gasteiger partial charge in [-0.1, -0.05) is 309 Å². The predicted octanol–water partition coefficient (Wildman–Crippen LogP) is 24.1. The number of benzene rings is 12. The molecule has 12 aromatic carbocycles. The molecule has 0 bridgehead atoms. The molecule has 9 aliphatic rings. The average Bonchev–Trinajstić information content (AvgIpc) is 0.688. The van der Waals surface area contributed by atoms with E-state index in [-0.39, 0.29) is 65.6 Å². The maximum atomic E-state index is 7.92. The molecule has 5 aliphatic carbocycles. The molecule has 10 unspecified atom stereocenters. The Labute approximate surface area is 654 Å². The van der Waals surface area contributed by atoms with Gasteiger partial charge in [0.05, 0.1) is 17.8 Å². The van der Waals surface area contributed by atoms with Crippen LogP contribution in [0.25, 0.3) is 55.6 Å². The van der Waals surface area contributed by atoms with Crippen LogP contribution in [0.4, 0.5) is 34.1 Å². The summed E-state index contributed by atoms with van der Waals surface area (Å²) in [6.45, 7) is 0.312. The molecule has 4 fully saturated rings. The standard InChI is InChI=1S/C102H90B2N4OS/c1-8-29-69(30-9-1)73-53-57-80(58-54-73)105(82-45-26-41-77(61-82)71-33-12-3-13-34-71)84-63-94-100-97(65-84)109-96-52-25-23-50-89(96)104(100)90-67-91-98(68-93(90)108(94)102-86(75-37-16-5-17-38-75)47-28-48-87(102)76-39-18-6-19-40-76)110-99-66-85(64-95-101(99)103(91)88-49-22-24-51-92(88)107(95)79-43-20-7-21-44-79)106(81-59-55-74(56-60-81)70-31-10-2-11-32-70)83-46-27-42-78(62-83)72-35-14-4-15-36-72/h1-2,4-11,14-25,27-32,35-44,46-60,62,64,67-68,71,82,84,91,94-95,97-101H,3,12-13,26,33-34,45,61,63,65-66H2. The van der Waals surface area contributed by atoms with Crippen LogP contribution in [0.1, 0.15) is 70.6 Å². The van der Waals surface area contributed by atoms with Crippen molar-refractivity contribution in [3.05, 3.63) is 368 Å². The highest BCUT2D eigenvalue weighted by Gasteiger charge is 2.62. The molecule has 21 rings (SSSR count). The molecule has 536 valence electrons. The first-order valence-electron chi connectivity index (χ1n) is 40.8. The topological polar surface area (TPSA) is 22.2 Å². The van der Waals surface area contributed by atoms with Crippen molar-refractivity contribution < 1.29 is 4.74 Å². The summed E-state index contributed by atoms with van der Waals surface area (Å²) in [6.07, 6.45) is 24.1. The molecule has 2 saturated carbocycles. The van der Waals surface area contributed by atoms with Crippen molar-refractivity contribution in [1.82, 2.24) is 0 Å². The van der Waals surface area contributed by atoms with Crippen molar-refractivity contribution in [1.29, 1.82) is 0 Å². The molecule has 2 saturated heterocycles. The number of hydrogen-bond acceptors (Lipinski definition) is 6. The Bertz CT molecular complexity index is 5420. The van der Waals surface area contributed by atoms with Crippen LogP contribution < -0.4 is 35.3 Å². The van der Waals surface area contributed by atoms with Gasteiger partial charge in [-0.2, -0.15) is 11.8 Å². The van der Waals surface area contributed by atoms with Crippen LogP contribution in [-0.4, -0.2) is 54.2 Å². The van der Waals surface area contributed by atoms with Crippen molar-refractivity contribution in [3.8, 4) is 61.4 Å². The Balaban J connectivity index is 0.765. The number of para-hydroxylation sites is 4. The minimum Gasteiger partial charge on any atom is -0.491 e. The zero-order valence-corrected chi connectivity index (χ0v) is 63.1. The summed E-state index contributed by atoms with van der Waals surface area (Å²) in [5.41, 5.74) is 28.6. The van der Waals surface area contributed by atoms with Gasteiger partial charge in [-0.15, -0.1) is 0 Å². The number of fused-ring (bicyclic) bond motifs is 8. The summed E-state index contributed by atoms with van der Waals surface area (Å²) in [6, 6.07) is 122. The molecule has 0 aromatic heterocycles. The van der Waals surface area contributed by atoms with E-state index in [1.54, 1.807) is 5.57 Å². The molecule has 5 nitrogen and oxygen atoms in total. The van der Waals surface area contributed by atoms with Gasteiger partial charge < -0.3 is 24.3 Å². The number of allylic oxidation sites excluding steroid dienone is 4. The lowest BCUT2D eigenvalue weighted by Gasteiger charge is -2.61. The van der Waals surface area contributed by atoms with E-state index in [0.29, 0.717) is 12.0 Å². The molecular weight excluding hydrogens is 1350 g/mol. The molecular formula is C102H90B2N4OS. The lowest BCUT2D eigenvalue weighted by Crippen LogP contribution is -2.67. The molecule has 0 amide bonds. The fourth-order valence-electron chi connectivity index (χ4n) is 21.9. The highest BCUT2D eigenvalue weighted by molar-refractivity contribution is 8.01. The molecule has 4 heterocycles. The number of thioether (sulfide) groups is 1. The summed E-state index contributed by atoms with van der Waals surface area (Å²) in [7, 11) is 0. The Hall–Kier alpha value is -10.9. The van der Waals surface area contributed by atoms with Crippen molar-refractivity contribution >= 4 is 70.2 Å². The summed E-state index contributed by atoms with van der Waals surface area (Å²) >= 11 is 2.28. The second-order valence-electron chi connectivity index (χ2n) is 32.4. The van der Waals surface area contributed by atoms with Crippen LogP contribution >= 0.6 is 11.8 Å². The lowest BCUT2D eigenvalue weighted by molar-refractivity contribution is 0.121. The molecule has 110 heavy (non-hydrogen) atoms. The van der Waals surface area contributed by atoms with Gasteiger partial charge >= 0.3 is 0 Å². The van der Waals surface area contributed by atoms with E-state index >= 15 is 0 Å². The van der Waals surface area contributed by atoms with Gasteiger partial charge in [-0.3, -0.25) is 0 Å². The molecule has 0 spiro atoms. The largest absolute Gasteiger partial charge is 0.491 e. The number of rotatable bonds is 14. The number of anilines is 6. The third kappa shape index (κ3) is 12.0. The van der Waals surface area contributed by atoms with E-state index in [4.69, 9.17) is 4.74 Å². The van der Waals surface area contributed by atoms with Gasteiger partial charge in [0, 0.05) is 91.8 Å². The number of nitrogens with zero attached hydrogens (tertiary/aromatic N) is 4. The molecule has 0 radical (unpaired) electrons. The summed E-state index contributed by atoms with van der Waals surface area (Å²) in [4.78, 5) is 11.4. The normalized spacial score (nSPS) is 23.6. The van der Waals surface area contributed by atoms with Crippen LogP contribution in [0, 0.1) is 5.92 Å². The van der Waals surface area contributed by atoms with Crippen LogP contribution in [0.15, 0.2) is 368 Å². The van der Waals surface area contributed by atoms with Crippen LogP contribution in [-0.2, 0) is 0 Å². The highest BCUT2D eigenvalue weighted by atomic mass is 32.2. The van der Waals surface area contributed by atoms with E-state index in [0.717, 1.165) is 50.0 Å². The second kappa shape index (κ2) is 28.8. The van der Waals surface area contributed by atoms with Crippen molar-refractivity contribution in [2.45, 2.75) is 129 Å². The first-order valence-corrected chi connectivity index (χ1v) is 41.8. The fourth-order valence-corrected chi connectivity index (χ4v) is 23.7. The molecule has 0 N–H and O–H groups in total. The zero-order valence-electron chi connectivity index (χ0n) is 62.3. The Morgan fingerprint density at radius 3 is 1.65 bits per heavy atom. The SMILES string of the molecule is C1=C2B3c4ccccc4OC4CC(N(c5ccc(-c6ccccc6)cc5)C5CCC=C(C6CCCCC6)C5)CC(C34)N(c3c(-c4ccccc4)cccc3-c3ccccc3)C2=CC2SC3CC(N(c4ccc(-c5ccccc5)cc4)c4cccc(-c5ccccc5)c4)=CC4C3B(c3ccccc3N4c3ccccc3)C12. The first-order chi connectivity index (χ1) is 54.6. The Morgan fingerprint density at radius 1 is 0.427 bits per heavy atom. The summed E-state index contributed by atoms with van der Waals surface area (Å²) in [5.74, 6) is 2.34. The minimum absolute atomic E-state index is 0.0319. The highest BCUT2D eigenvalue weighted by Crippen LogP contribution is 2.63. The monoisotopic (exact) mass is 1440 g/mol. The van der Waals surface area contributed by atoms with E-state index in [1.165, 1.54) is 144 Å². The van der Waals surface area contributed by atoms with Gasteiger partial charge in [0.25, 0.3) is 0 Å². The molecule has 4 aliphatic heterocycles. The third-order valence-electron chi connectivity index (χ3n) is 26.5. The summed E-state index contributed by atoms with van der Waals surface area (Å²) in [5, 5.41) is 0.371. The van der Waals surface area contributed by atoms with Crippen LogP contribution in [0.2, 0.25) is 17.5 Å². The smallest absolute Gasteiger partial charge is 0.225 e.